The van der Waals surface area contributed by atoms with E-state index in [-0.39, 0.29) is 17.9 Å². The Kier molecular flexibility index (Phi) is 5.90. The third kappa shape index (κ3) is 4.03. The van der Waals surface area contributed by atoms with Crippen molar-refractivity contribution < 1.29 is 14.3 Å². The van der Waals surface area contributed by atoms with Crippen LogP contribution < -0.4 is 19.9 Å². The number of fused-ring (bicyclic) bond motifs is 3. The Morgan fingerprint density at radius 3 is 2.83 bits per heavy atom. The second kappa shape index (κ2) is 8.74. The van der Waals surface area contributed by atoms with Gasteiger partial charge in [-0.25, -0.2) is 0 Å². The summed E-state index contributed by atoms with van der Waals surface area (Å²) in [4.78, 5) is 17.8. The van der Waals surface area contributed by atoms with Crippen molar-refractivity contribution in [3.63, 3.8) is 0 Å². The zero-order valence-corrected chi connectivity index (χ0v) is 17.1. The Hall–Kier alpha value is -2.73. The van der Waals surface area contributed by atoms with Gasteiger partial charge < -0.3 is 24.6 Å². The van der Waals surface area contributed by atoms with Gasteiger partial charge in [0.25, 0.3) is 0 Å². The van der Waals surface area contributed by atoms with Crippen molar-refractivity contribution >= 4 is 17.3 Å². The number of anilines is 2. The van der Waals surface area contributed by atoms with Gasteiger partial charge in [-0.1, -0.05) is 24.3 Å². The van der Waals surface area contributed by atoms with Crippen molar-refractivity contribution in [1.82, 2.24) is 5.32 Å². The molecule has 2 aliphatic rings. The molecular weight excluding hydrogens is 366 g/mol. The largest absolute Gasteiger partial charge is 0.497 e. The summed E-state index contributed by atoms with van der Waals surface area (Å²) in [5.74, 6) is 0.877. The summed E-state index contributed by atoms with van der Waals surface area (Å²) in [7, 11) is 3.34. The van der Waals surface area contributed by atoms with Crippen LogP contribution in [0, 0.1) is 5.92 Å². The fourth-order valence-corrected chi connectivity index (χ4v) is 4.51. The van der Waals surface area contributed by atoms with Gasteiger partial charge in [0.05, 0.1) is 25.7 Å². The monoisotopic (exact) mass is 395 g/mol. The highest BCUT2D eigenvalue weighted by Gasteiger charge is 2.41. The van der Waals surface area contributed by atoms with Crippen LogP contribution >= 0.6 is 0 Å². The molecule has 2 heterocycles. The molecule has 0 aliphatic carbocycles. The fraction of sp³-hybridized carbons (Fsp3) is 0.435. The van der Waals surface area contributed by atoms with Crippen molar-refractivity contribution in [2.75, 3.05) is 56.8 Å². The lowest BCUT2D eigenvalue weighted by atomic mass is 9.83. The molecule has 2 aromatic carbocycles. The van der Waals surface area contributed by atoms with E-state index in [0.29, 0.717) is 13.2 Å². The Labute approximate surface area is 172 Å². The number of nitrogens with one attached hydrogen (secondary N) is 1. The summed E-state index contributed by atoms with van der Waals surface area (Å²) in [6, 6.07) is 16.8. The average Bonchev–Trinajstić information content (AvgIpc) is 2.78. The first-order chi connectivity index (χ1) is 14.2. The van der Waals surface area contributed by atoms with E-state index < -0.39 is 0 Å². The molecule has 0 bridgehead atoms. The molecule has 2 aromatic rings. The molecule has 1 saturated heterocycles. The molecule has 4 rings (SSSR count). The first-order valence-corrected chi connectivity index (χ1v) is 10.2. The summed E-state index contributed by atoms with van der Waals surface area (Å²) >= 11 is 0. The molecular formula is C23H29N3O3. The molecule has 2 aliphatic heterocycles. The maximum Gasteiger partial charge on any atom is 0.225 e. The second-order valence-corrected chi connectivity index (χ2v) is 7.63. The predicted octanol–water partition coefficient (Wildman–Crippen LogP) is 2.33. The number of amides is 1. The normalized spacial score (nSPS) is 20.6. The van der Waals surface area contributed by atoms with E-state index in [2.05, 4.69) is 51.5 Å². The zero-order valence-electron chi connectivity index (χ0n) is 17.1. The number of benzene rings is 2. The molecule has 154 valence electrons. The van der Waals surface area contributed by atoms with Gasteiger partial charge in [-0.05, 0) is 30.2 Å². The van der Waals surface area contributed by atoms with Crippen molar-refractivity contribution in [1.29, 1.82) is 0 Å². The van der Waals surface area contributed by atoms with Crippen LogP contribution in [0.4, 0.5) is 11.4 Å². The van der Waals surface area contributed by atoms with Gasteiger partial charge in [0, 0.05) is 50.7 Å². The van der Waals surface area contributed by atoms with E-state index in [4.69, 9.17) is 9.47 Å². The molecule has 1 fully saturated rings. The number of carbonyl (C=O) groups is 1. The fourth-order valence-electron chi connectivity index (χ4n) is 4.51. The second-order valence-electron chi connectivity index (χ2n) is 7.63. The summed E-state index contributed by atoms with van der Waals surface area (Å²) in [6.07, 6.45) is 0.766. The molecule has 1 amide bonds. The van der Waals surface area contributed by atoms with Crippen LogP contribution in [0.2, 0.25) is 0 Å². The Balaban J connectivity index is 1.59. The Bertz CT molecular complexity index is 857. The molecule has 0 radical (unpaired) electrons. The maximum absolute atomic E-state index is 13.0. The highest BCUT2D eigenvalue weighted by molar-refractivity contribution is 5.82. The minimum atomic E-state index is -0.0878. The highest BCUT2D eigenvalue weighted by Crippen LogP contribution is 2.37. The van der Waals surface area contributed by atoms with Gasteiger partial charge in [0.1, 0.15) is 5.75 Å². The molecule has 0 spiro atoms. The van der Waals surface area contributed by atoms with Gasteiger partial charge >= 0.3 is 0 Å². The molecule has 6 heteroatoms. The number of carbonyl (C=O) groups excluding carboxylic acids is 1. The van der Waals surface area contributed by atoms with E-state index in [9.17, 15) is 4.79 Å². The van der Waals surface area contributed by atoms with Crippen LogP contribution in [0.1, 0.15) is 5.56 Å². The molecule has 6 nitrogen and oxygen atoms in total. The van der Waals surface area contributed by atoms with E-state index in [1.807, 2.05) is 12.1 Å². The number of hydrogen-bond acceptors (Lipinski definition) is 5. The molecule has 29 heavy (non-hydrogen) atoms. The number of hydrogen-bond donors (Lipinski definition) is 1. The van der Waals surface area contributed by atoms with Gasteiger partial charge in [0.2, 0.25) is 5.91 Å². The van der Waals surface area contributed by atoms with E-state index >= 15 is 0 Å². The molecule has 0 saturated carbocycles. The van der Waals surface area contributed by atoms with Crippen molar-refractivity contribution in [3.8, 4) is 5.75 Å². The molecule has 2 atom stereocenters. The number of nitrogens with zero attached hydrogens (tertiary/aromatic N) is 2. The maximum atomic E-state index is 13.0. The van der Waals surface area contributed by atoms with Gasteiger partial charge in [0.15, 0.2) is 0 Å². The van der Waals surface area contributed by atoms with E-state index in [0.717, 1.165) is 37.5 Å². The van der Waals surface area contributed by atoms with Crippen LogP contribution in [0.15, 0.2) is 48.5 Å². The minimum absolute atomic E-state index is 0.0878. The molecule has 2 unspecified atom stereocenters. The van der Waals surface area contributed by atoms with Gasteiger partial charge in [-0.3, -0.25) is 4.79 Å². The van der Waals surface area contributed by atoms with Crippen molar-refractivity contribution in [3.05, 3.63) is 54.1 Å². The minimum Gasteiger partial charge on any atom is -0.497 e. The van der Waals surface area contributed by atoms with E-state index in [1.54, 1.807) is 14.2 Å². The van der Waals surface area contributed by atoms with Crippen LogP contribution in [0.5, 0.6) is 5.75 Å². The quantitative estimate of drug-likeness (QED) is 0.761. The molecule has 1 N–H and O–H groups in total. The Morgan fingerprint density at radius 1 is 1.14 bits per heavy atom. The third-order valence-corrected chi connectivity index (χ3v) is 5.98. The zero-order chi connectivity index (χ0) is 20.2. The summed E-state index contributed by atoms with van der Waals surface area (Å²) in [5, 5.41) is 3.06. The standard InChI is InChI=1S/C23H29N3O3/c1-28-13-10-24-23(27)20-14-17-6-3-4-9-21(17)26-12-11-25(16-22(20)26)18-7-5-8-19(15-18)29-2/h3-9,15,20,22H,10-14,16H2,1-2H3,(H,24,27). The van der Waals surface area contributed by atoms with Crippen LogP contribution in [-0.2, 0) is 16.0 Å². The number of piperazine rings is 1. The van der Waals surface area contributed by atoms with Gasteiger partial charge in [-0.15, -0.1) is 0 Å². The lowest BCUT2D eigenvalue weighted by Gasteiger charge is -2.49. The average molecular weight is 396 g/mol. The van der Waals surface area contributed by atoms with Crippen LogP contribution in [0.25, 0.3) is 0 Å². The first-order valence-electron chi connectivity index (χ1n) is 10.2. The number of ether oxygens (including phenoxy) is 2. The van der Waals surface area contributed by atoms with Crippen LogP contribution in [-0.4, -0.2) is 59.0 Å². The SMILES string of the molecule is COCCNC(=O)C1Cc2ccccc2N2CCN(c3cccc(OC)c3)CC12. The number of rotatable bonds is 6. The Morgan fingerprint density at radius 2 is 2.00 bits per heavy atom. The summed E-state index contributed by atoms with van der Waals surface area (Å²) < 4.78 is 10.5. The topological polar surface area (TPSA) is 54.0 Å². The summed E-state index contributed by atoms with van der Waals surface area (Å²) in [6.45, 7) is 3.68. The number of methoxy groups -OCH3 is 2. The smallest absolute Gasteiger partial charge is 0.225 e. The predicted molar refractivity (Wildman–Crippen MR) is 115 cm³/mol. The van der Waals surface area contributed by atoms with Gasteiger partial charge in [-0.2, -0.15) is 0 Å². The highest BCUT2D eigenvalue weighted by atomic mass is 16.5. The lowest BCUT2D eigenvalue weighted by Crippen LogP contribution is -2.61. The number of para-hydroxylation sites is 1. The lowest BCUT2D eigenvalue weighted by molar-refractivity contribution is -0.126. The van der Waals surface area contributed by atoms with Crippen LogP contribution in [0.3, 0.4) is 0 Å². The first kappa shape index (κ1) is 19.6. The van der Waals surface area contributed by atoms with Crippen molar-refractivity contribution in [2.24, 2.45) is 5.92 Å². The van der Waals surface area contributed by atoms with Crippen molar-refractivity contribution in [2.45, 2.75) is 12.5 Å². The van der Waals surface area contributed by atoms with E-state index in [1.165, 1.54) is 11.3 Å². The summed E-state index contributed by atoms with van der Waals surface area (Å²) in [5.41, 5.74) is 3.66. The molecule has 0 aromatic heterocycles. The third-order valence-electron chi connectivity index (χ3n) is 5.98.